The molecule has 24 heavy (non-hydrogen) atoms. The molecule has 1 unspecified atom stereocenters. The van der Waals surface area contributed by atoms with E-state index in [9.17, 15) is 4.79 Å². The minimum atomic E-state index is -0.176. The van der Waals surface area contributed by atoms with Crippen molar-refractivity contribution < 1.29 is 4.79 Å². The molecule has 0 saturated heterocycles. The maximum atomic E-state index is 12.7. The van der Waals surface area contributed by atoms with Crippen molar-refractivity contribution in [1.29, 1.82) is 0 Å². The van der Waals surface area contributed by atoms with E-state index < -0.39 is 0 Å². The second kappa shape index (κ2) is 6.49. The Morgan fingerprint density at radius 2 is 1.92 bits per heavy atom. The molecule has 2 heterocycles. The Kier molecular flexibility index (Phi) is 4.56. The van der Waals surface area contributed by atoms with Gasteiger partial charge in [-0.3, -0.25) is 4.79 Å². The van der Waals surface area contributed by atoms with Gasteiger partial charge in [0.15, 0.2) is 0 Å². The van der Waals surface area contributed by atoms with Gasteiger partial charge < -0.3 is 5.32 Å². The zero-order valence-electron chi connectivity index (χ0n) is 14.0. The maximum Gasteiger partial charge on any atom is 0.262 e. The van der Waals surface area contributed by atoms with E-state index >= 15 is 0 Å². The summed E-state index contributed by atoms with van der Waals surface area (Å²) in [7, 11) is 0. The van der Waals surface area contributed by atoms with E-state index in [0.717, 1.165) is 32.9 Å². The number of nitrogens with zero attached hydrogens (tertiary/aromatic N) is 2. The van der Waals surface area contributed by atoms with Gasteiger partial charge in [0, 0.05) is 16.1 Å². The van der Waals surface area contributed by atoms with Crippen molar-refractivity contribution in [2.24, 2.45) is 0 Å². The Labute approximate surface area is 149 Å². The number of aromatic nitrogens is 2. The van der Waals surface area contributed by atoms with Gasteiger partial charge in [-0.25, -0.2) is 9.97 Å². The van der Waals surface area contributed by atoms with Crippen molar-refractivity contribution in [2.45, 2.75) is 33.7 Å². The summed E-state index contributed by atoms with van der Waals surface area (Å²) < 4.78 is 0. The number of aryl methyl sites for hydroxylation is 3. The Bertz CT molecular complexity index is 935. The predicted molar refractivity (Wildman–Crippen MR) is 99.0 cm³/mol. The number of amides is 1. The van der Waals surface area contributed by atoms with Crippen LogP contribution in [0, 0.1) is 20.8 Å². The van der Waals surface area contributed by atoms with E-state index in [-0.39, 0.29) is 11.9 Å². The number of benzene rings is 1. The second-order valence-electron chi connectivity index (χ2n) is 5.81. The fraction of sp³-hybridized carbons (Fsp3) is 0.278. The van der Waals surface area contributed by atoms with Gasteiger partial charge in [0.1, 0.15) is 10.7 Å². The molecule has 1 aromatic carbocycles. The van der Waals surface area contributed by atoms with Crippen LogP contribution in [0.1, 0.15) is 45.3 Å². The van der Waals surface area contributed by atoms with Crippen LogP contribution >= 0.6 is 22.9 Å². The first-order valence-electron chi connectivity index (χ1n) is 7.68. The van der Waals surface area contributed by atoms with Crippen molar-refractivity contribution in [3.63, 3.8) is 0 Å². The summed E-state index contributed by atoms with van der Waals surface area (Å²) in [4.78, 5) is 23.1. The molecule has 0 radical (unpaired) electrons. The summed E-state index contributed by atoms with van der Waals surface area (Å²) in [6.07, 6.45) is 0. The van der Waals surface area contributed by atoms with E-state index in [4.69, 9.17) is 11.6 Å². The van der Waals surface area contributed by atoms with Gasteiger partial charge in [-0.2, -0.15) is 0 Å². The number of hydrogen-bond donors (Lipinski definition) is 1. The number of rotatable bonds is 3. The molecule has 0 aliphatic heterocycles. The van der Waals surface area contributed by atoms with Crippen LogP contribution in [0.15, 0.2) is 24.3 Å². The lowest BCUT2D eigenvalue weighted by Crippen LogP contribution is -2.26. The highest BCUT2D eigenvalue weighted by atomic mass is 35.5. The highest BCUT2D eigenvalue weighted by molar-refractivity contribution is 7.20. The SMILES string of the molecule is Cc1nc(C)c2c(C)c(C(=O)NC(C)c3ccccc3Cl)sc2n1. The number of hydrogen-bond acceptors (Lipinski definition) is 4. The molecule has 0 aliphatic carbocycles. The lowest BCUT2D eigenvalue weighted by molar-refractivity contribution is 0.0943. The molecule has 0 bridgehead atoms. The molecule has 3 aromatic rings. The van der Waals surface area contributed by atoms with Crippen molar-refractivity contribution in [3.8, 4) is 0 Å². The third-order valence-electron chi connectivity index (χ3n) is 4.01. The molecule has 0 aliphatic rings. The summed E-state index contributed by atoms with van der Waals surface area (Å²) in [5, 5.41) is 4.65. The smallest absolute Gasteiger partial charge is 0.262 e. The molecule has 6 heteroatoms. The number of carbonyl (C=O) groups excluding carboxylic acids is 1. The molecule has 0 saturated carbocycles. The number of nitrogens with one attached hydrogen (secondary N) is 1. The number of carbonyl (C=O) groups is 1. The lowest BCUT2D eigenvalue weighted by Gasteiger charge is -2.15. The van der Waals surface area contributed by atoms with Gasteiger partial charge in [-0.1, -0.05) is 29.8 Å². The fourth-order valence-electron chi connectivity index (χ4n) is 2.86. The second-order valence-corrected chi connectivity index (χ2v) is 7.22. The summed E-state index contributed by atoms with van der Waals surface area (Å²) >= 11 is 7.62. The number of halogens is 1. The molecule has 0 spiro atoms. The Morgan fingerprint density at radius 1 is 1.21 bits per heavy atom. The summed E-state index contributed by atoms with van der Waals surface area (Å²) in [5.74, 6) is 0.609. The van der Waals surface area contributed by atoms with Crippen LogP contribution in [0.5, 0.6) is 0 Å². The van der Waals surface area contributed by atoms with Crippen molar-refractivity contribution in [1.82, 2.24) is 15.3 Å². The monoisotopic (exact) mass is 359 g/mol. The first-order chi connectivity index (χ1) is 11.4. The summed E-state index contributed by atoms with van der Waals surface area (Å²) in [6, 6.07) is 7.36. The van der Waals surface area contributed by atoms with Crippen molar-refractivity contribution >= 4 is 39.1 Å². The van der Waals surface area contributed by atoms with Gasteiger partial charge >= 0.3 is 0 Å². The topological polar surface area (TPSA) is 54.9 Å². The largest absolute Gasteiger partial charge is 0.345 e. The number of fused-ring (bicyclic) bond motifs is 1. The molecule has 4 nitrogen and oxygen atoms in total. The Balaban J connectivity index is 1.93. The molecule has 124 valence electrons. The van der Waals surface area contributed by atoms with Gasteiger partial charge in [-0.05, 0) is 44.9 Å². The predicted octanol–water partition coefficient (Wildman–Crippen LogP) is 4.76. The van der Waals surface area contributed by atoms with Crippen LogP contribution in [0.2, 0.25) is 5.02 Å². The van der Waals surface area contributed by atoms with Crippen LogP contribution in [0.25, 0.3) is 10.2 Å². The first-order valence-corrected chi connectivity index (χ1v) is 8.87. The van der Waals surface area contributed by atoms with E-state index in [1.165, 1.54) is 11.3 Å². The van der Waals surface area contributed by atoms with Crippen molar-refractivity contribution in [2.75, 3.05) is 0 Å². The quantitative estimate of drug-likeness (QED) is 0.733. The van der Waals surface area contributed by atoms with Crippen LogP contribution in [-0.2, 0) is 0 Å². The maximum absolute atomic E-state index is 12.7. The summed E-state index contributed by atoms with van der Waals surface area (Å²) in [5.41, 5.74) is 2.74. The van der Waals surface area contributed by atoms with Crippen molar-refractivity contribution in [3.05, 3.63) is 56.8 Å². The highest BCUT2D eigenvalue weighted by Crippen LogP contribution is 2.32. The molecular formula is C18H18ClN3OS. The summed E-state index contributed by atoms with van der Waals surface area (Å²) in [6.45, 7) is 7.68. The van der Waals surface area contributed by atoms with E-state index in [2.05, 4.69) is 15.3 Å². The minimum absolute atomic E-state index is 0.111. The van der Waals surface area contributed by atoms with Crippen LogP contribution in [0.4, 0.5) is 0 Å². The van der Waals surface area contributed by atoms with E-state index in [1.807, 2.05) is 52.0 Å². The van der Waals surface area contributed by atoms with Crippen LogP contribution in [0.3, 0.4) is 0 Å². The minimum Gasteiger partial charge on any atom is -0.345 e. The lowest BCUT2D eigenvalue weighted by atomic mass is 10.1. The number of thiophene rings is 1. The molecule has 2 aromatic heterocycles. The van der Waals surface area contributed by atoms with Gasteiger partial charge in [0.2, 0.25) is 0 Å². The van der Waals surface area contributed by atoms with Gasteiger partial charge in [-0.15, -0.1) is 11.3 Å². The third kappa shape index (κ3) is 3.01. The standard InChI is InChI=1S/C18H18ClN3OS/c1-9-15-11(3)20-12(4)22-18(15)24-16(9)17(23)21-10(2)13-7-5-6-8-14(13)19/h5-8,10H,1-4H3,(H,21,23). The molecule has 3 rings (SSSR count). The molecule has 0 fully saturated rings. The Hall–Kier alpha value is -1.98. The van der Waals surface area contributed by atoms with Gasteiger partial charge in [0.25, 0.3) is 5.91 Å². The van der Waals surface area contributed by atoms with E-state index in [1.54, 1.807) is 0 Å². The first kappa shape index (κ1) is 16.9. The molecule has 1 N–H and O–H groups in total. The molecular weight excluding hydrogens is 342 g/mol. The Morgan fingerprint density at radius 3 is 2.62 bits per heavy atom. The highest BCUT2D eigenvalue weighted by Gasteiger charge is 2.20. The normalized spacial score (nSPS) is 12.4. The third-order valence-corrected chi connectivity index (χ3v) is 5.54. The average molecular weight is 360 g/mol. The van der Waals surface area contributed by atoms with E-state index in [0.29, 0.717) is 9.90 Å². The zero-order valence-corrected chi connectivity index (χ0v) is 15.5. The average Bonchev–Trinajstić information content (AvgIpc) is 2.84. The van der Waals surface area contributed by atoms with Gasteiger partial charge in [0.05, 0.1) is 10.9 Å². The fourth-order valence-corrected chi connectivity index (χ4v) is 4.34. The zero-order chi connectivity index (χ0) is 17.4. The molecule has 1 amide bonds. The van der Waals surface area contributed by atoms with Crippen LogP contribution < -0.4 is 5.32 Å². The van der Waals surface area contributed by atoms with Crippen LogP contribution in [-0.4, -0.2) is 15.9 Å². The molecule has 1 atom stereocenters.